The molecule has 0 saturated carbocycles. The maximum Gasteiger partial charge on any atom is 0.323 e. The van der Waals surface area contributed by atoms with Crippen LogP contribution >= 0.6 is 0 Å². The Bertz CT molecular complexity index is 618. The second-order valence-electron chi connectivity index (χ2n) is 3.91. The molecule has 0 radical (unpaired) electrons. The van der Waals surface area contributed by atoms with Crippen molar-refractivity contribution in [2.45, 2.75) is 0 Å². The molecule has 1 aromatic rings. The Morgan fingerprint density at radius 3 is 2.52 bits per heavy atom. The number of aliphatic carboxylic acids is 1. The van der Waals surface area contributed by atoms with E-state index in [0.29, 0.717) is 17.0 Å². The summed E-state index contributed by atoms with van der Waals surface area (Å²) in [6, 6.07) is 0.809. The van der Waals surface area contributed by atoms with Crippen LogP contribution in [0, 0.1) is 21.7 Å². The number of carboxylic acid groups (broad SMARTS) is 1. The second-order valence-corrected chi connectivity index (χ2v) is 3.91. The third-order valence-electron chi connectivity index (χ3n) is 2.41. The quantitative estimate of drug-likeness (QED) is 0.488. The summed E-state index contributed by atoms with van der Waals surface area (Å²) in [4.78, 5) is 32.7. The van der Waals surface area contributed by atoms with Crippen LogP contribution < -0.4 is 0 Å². The van der Waals surface area contributed by atoms with Crippen LogP contribution in [0.15, 0.2) is 24.8 Å². The minimum Gasteiger partial charge on any atom is -0.480 e. The molecule has 112 valence electrons. The van der Waals surface area contributed by atoms with E-state index in [1.165, 1.54) is 6.08 Å². The lowest BCUT2D eigenvalue weighted by Crippen LogP contribution is -2.36. The SMILES string of the molecule is C=CCN(CC(=O)O)C(=O)c1cc(F)cc([N+](=O)[O-])c1F. The van der Waals surface area contributed by atoms with Crippen molar-refractivity contribution < 1.29 is 28.4 Å². The highest BCUT2D eigenvalue weighted by Crippen LogP contribution is 2.23. The molecule has 1 amide bonds. The second kappa shape index (κ2) is 6.55. The van der Waals surface area contributed by atoms with Crippen LogP contribution in [0.1, 0.15) is 10.4 Å². The fourth-order valence-corrected chi connectivity index (χ4v) is 1.57. The zero-order chi connectivity index (χ0) is 16.2. The highest BCUT2D eigenvalue weighted by Gasteiger charge is 2.27. The van der Waals surface area contributed by atoms with Crippen LogP contribution in [0.2, 0.25) is 0 Å². The summed E-state index contributed by atoms with van der Waals surface area (Å²) in [6.45, 7) is 2.28. The van der Waals surface area contributed by atoms with E-state index in [9.17, 15) is 28.5 Å². The van der Waals surface area contributed by atoms with Crippen molar-refractivity contribution >= 4 is 17.6 Å². The van der Waals surface area contributed by atoms with Gasteiger partial charge in [0.1, 0.15) is 12.4 Å². The summed E-state index contributed by atoms with van der Waals surface area (Å²) in [7, 11) is 0. The number of hydrogen-bond donors (Lipinski definition) is 1. The summed E-state index contributed by atoms with van der Waals surface area (Å²) in [5, 5.41) is 19.3. The first-order valence-corrected chi connectivity index (χ1v) is 5.53. The molecule has 0 aliphatic carbocycles. The van der Waals surface area contributed by atoms with E-state index >= 15 is 0 Å². The number of benzene rings is 1. The predicted molar refractivity (Wildman–Crippen MR) is 66.7 cm³/mol. The van der Waals surface area contributed by atoms with Crippen LogP contribution in [-0.4, -0.2) is 39.9 Å². The van der Waals surface area contributed by atoms with Crippen molar-refractivity contribution in [2.24, 2.45) is 0 Å². The number of carbonyl (C=O) groups is 2. The number of amides is 1. The van der Waals surface area contributed by atoms with Gasteiger partial charge in [-0.1, -0.05) is 6.08 Å². The van der Waals surface area contributed by atoms with Crippen LogP contribution in [0.3, 0.4) is 0 Å². The minimum absolute atomic E-state index is 0.241. The Morgan fingerprint density at radius 1 is 1.43 bits per heavy atom. The lowest BCUT2D eigenvalue weighted by Gasteiger charge is -2.19. The Morgan fingerprint density at radius 2 is 2.05 bits per heavy atom. The molecule has 1 rings (SSSR count). The summed E-state index contributed by atoms with van der Waals surface area (Å²) < 4.78 is 27.1. The third-order valence-corrected chi connectivity index (χ3v) is 2.41. The topological polar surface area (TPSA) is 101 Å². The van der Waals surface area contributed by atoms with Crippen molar-refractivity contribution in [1.29, 1.82) is 0 Å². The van der Waals surface area contributed by atoms with Gasteiger partial charge in [-0.2, -0.15) is 4.39 Å². The molecule has 21 heavy (non-hydrogen) atoms. The molecule has 0 spiro atoms. The molecular weight excluding hydrogens is 290 g/mol. The molecule has 0 fully saturated rings. The summed E-state index contributed by atoms with van der Waals surface area (Å²) >= 11 is 0. The molecule has 0 aromatic heterocycles. The van der Waals surface area contributed by atoms with Gasteiger partial charge in [-0.25, -0.2) is 4.39 Å². The summed E-state index contributed by atoms with van der Waals surface area (Å²) in [5.41, 5.74) is -2.11. The molecule has 0 heterocycles. The molecule has 0 saturated heterocycles. The minimum atomic E-state index is -1.52. The average molecular weight is 300 g/mol. The molecule has 1 N–H and O–H groups in total. The molecule has 0 atom stereocenters. The number of halogens is 2. The standard InChI is InChI=1S/C12H10F2N2O5/c1-2-3-15(6-10(17)18)12(19)8-4-7(13)5-9(11(8)14)16(20)21/h2,4-5H,1,3,6H2,(H,17,18). The van der Waals surface area contributed by atoms with Crippen molar-refractivity contribution in [3.63, 3.8) is 0 Å². The number of carbonyl (C=O) groups excluding carboxylic acids is 1. The first-order valence-electron chi connectivity index (χ1n) is 5.53. The Balaban J connectivity index is 3.30. The van der Waals surface area contributed by atoms with Crippen LogP contribution in [0.5, 0.6) is 0 Å². The van der Waals surface area contributed by atoms with E-state index < -0.39 is 46.2 Å². The monoisotopic (exact) mass is 300 g/mol. The first-order chi connectivity index (χ1) is 9.77. The third kappa shape index (κ3) is 3.81. The van der Waals surface area contributed by atoms with E-state index in [-0.39, 0.29) is 6.54 Å². The fraction of sp³-hybridized carbons (Fsp3) is 0.167. The fourth-order valence-electron chi connectivity index (χ4n) is 1.57. The van der Waals surface area contributed by atoms with E-state index in [2.05, 4.69) is 6.58 Å². The van der Waals surface area contributed by atoms with Crippen LogP contribution in [0.25, 0.3) is 0 Å². The Hall–Kier alpha value is -2.84. The van der Waals surface area contributed by atoms with Crippen molar-refractivity contribution in [3.8, 4) is 0 Å². The number of hydrogen-bond acceptors (Lipinski definition) is 4. The van der Waals surface area contributed by atoms with Crippen LogP contribution in [0.4, 0.5) is 14.5 Å². The van der Waals surface area contributed by atoms with Gasteiger partial charge in [0.15, 0.2) is 0 Å². The van der Waals surface area contributed by atoms with Gasteiger partial charge in [-0.05, 0) is 6.07 Å². The molecule has 0 unspecified atom stereocenters. The molecule has 0 aliphatic heterocycles. The van der Waals surface area contributed by atoms with E-state index in [1.807, 2.05) is 0 Å². The summed E-state index contributed by atoms with van der Waals surface area (Å²) in [5.74, 6) is -5.26. The van der Waals surface area contributed by atoms with E-state index in [1.54, 1.807) is 0 Å². The normalized spacial score (nSPS) is 10.0. The predicted octanol–water partition coefficient (Wildman–Crippen LogP) is 1.59. The number of rotatable bonds is 6. The van der Waals surface area contributed by atoms with Gasteiger partial charge in [0.05, 0.1) is 16.6 Å². The van der Waals surface area contributed by atoms with Gasteiger partial charge in [0.2, 0.25) is 5.82 Å². The van der Waals surface area contributed by atoms with Crippen molar-refractivity contribution in [3.05, 3.63) is 52.1 Å². The maximum atomic E-state index is 13.9. The van der Waals surface area contributed by atoms with Gasteiger partial charge in [0.25, 0.3) is 5.91 Å². The number of nitro benzene ring substituents is 1. The van der Waals surface area contributed by atoms with Gasteiger partial charge in [-0.3, -0.25) is 19.7 Å². The largest absolute Gasteiger partial charge is 0.480 e. The molecule has 9 heteroatoms. The van der Waals surface area contributed by atoms with Crippen molar-refractivity contribution in [1.82, 2.24) is 4.90 Å². The smallest absolute Gasteiger partial charge is 0.323 e. The van der Waals surface area contributed by atoms with Gasteiger partial charge >= 0.3 is 11.7 Å². The average Bonchev–Trinajstić information content (AvgIpc) is 2.39. The van der Waals surface area contributed by atoms with E-state index in [0.717, 1.165) is 0 Å². The van der Waals surface area contributed by atoms with Crippen LogP contribution in [-0.2, 0) is 4.79 Å². The molecule has 1 aromatic carbocycles. The Labute approximate surface area is 117 Å². The first kappa shape index (κ1) is 16.2. The van der Waals surface area contributed by atoms with Gasteiger partial charge < -0.3 is 10.0 Å². The van der Waals surface area contributed by atoms with E-state index in [4.69, 9.17) is 5.11 Å². The highest BCUT2D eigenvalue weighted by molar-refractivity contribution is 5.96. The zero-order valence-electron chi connectivity index (χ0n) is 10.6. The zero-order valence-corrected chi connectivity index (χ0v) is 10.6. The number of carboxylic acids is 1. The Kier molecular flexibility index (Phi) is 5.06. The highest BCUT2D eigenvalue weighted by atomic mass is 19.1. The molecule has 7 nitrogen and oxygen atoms in total. The number of nitrogens with zero attached hydrogens (tertiary/aromatic N) is 2. The lowest BCUT2D eigenvalue weighted by molar-refractivity contribution is -0.387. The maximum absolute atomic E-state index is 13.9. The van der Waals surface area contributed by atoms with Gasteiger partial charge in [0, 0.05) is 6.54 Å². The summed E-state index contributed by atoms with van der Waals surface area (Å²) in [6.07, 6.45) is 1.19. The van der Waals surface area contributed by atoms with Gasteiger partial charge in [-0.15, -0.1) is 6.58 Å². The molecule has 0 bridgehead atoms. The number of nitro groups is 1. The molecular formula is C12H10F2N2O5. The van der Waals surface area contributed by atoms with Crippen molar-refractivity contribution in [2.75, 3.05) is 13.1 Å². The molecule has 0 aliphatic rings. The lowest BCUT2D eigenvalue weighted by atomic mass is 10.1.